The maximum atomic E-state index is 13.8. The molecule has 2 aliphatic rings. The third kappa shape index (κ3) is 10.6. The lowest BCUT2D eigenvalue weighted by Gasteiger charge is -2.32. The Labute approximate surface area is 292 Å². The summed E-state index contributed by atoms with van der Waals surface area (Å²) in [5, 5.41) is 0. The van der Waals surface area contributed by atoms with Gasteiger partial charge in [-0.05, 0) is 91.3 Å². The molecule has 0 aromatic heterocycles. The van der Waals surface area contributed by atoms with Gasteiger partial charge in [-0.25, -0.2) is 9.59 Å². The monoisotopic (exact) mass is 670 g/mol. The molecule has 0 atom stereocenters. The number of hydrogen-bond donors (Lipinski definition) is 0. The van der Waals surface area contributed by atoms with Crippen LogP contribution in [-0.4, -0.2) is 61.8 Å². The smallest absolute Gasteiger partial charge is 0.462 e. The number of benzene rings is 1. The summed E-state index contributed by atoms with van der Waals surface area (Å²) in [4.78, 5) is 27.7. The highest BCUT2D eigenvalue weighted by Crippen LogP contribution is 2.38. The van der Waals surface area contributed by atoms with Crippen LogP contribution in [0.4, 0.5) is 0 Å². The Morgan fingerprint density at radius 2 is 0.771 bits per heavy atom. The Kier molecular flexibility index (Phi) is 15.1. The van der Waals surface area contributed by atoms with Crippen LogP contribution in [0.1, 0.15) is 180 Å². The highest BCUT2D eigenvalue weighted by molar-refractivity contribution is 6.66. The fourth-order valence-corrected chi connectivity index (χ4v) is 5.92. The Morgan fingerprint density at radius 1 is 0.500 bits per heavy atom. The van der Waals surface area contributed by atoms with E-state index in [1.807, 2.05) is 55.4 Å². The second-order valence-electron chi connectivity index (χ2n) is 15.7. The van der Waals surface area contributed by atoms with Gasteiger partial charge in [0.2, 0.25) is 0 Å². The van der Waals surface area contributed by atoms with Gasteiger partial charge in [-0.15, -0.1) is 0 Å². The van der Waals surface area contributed by atoms with Crippen LogP contribution in [0.5, 0.6) is 0 Å². The fraction of sp³-hybridized carbons (Fsp3) is 0.789. The molecule has 0 unspecified atom stereocenters. The molecule has 0 spiro atoms. The van der Waals surface area contributed by atoms with Gasteiger partial charge in [0.25, 0.3) is 0 Å². The van der Waals surface area contributed by atoms with Crippen molar-refractivity contribution in [2.75, 3.05) is 13.2 Å². The van der Waals surface area contributed by atoms with Gasteiger partial charge in [0.05, 0.1) is 46.7 Å². The van der Waals surface area contributed by atoms with E-state index in [0.717, 1.165) is 38.5 Å². The van der Waals surface area contributed by atoms with Crippen molar-refractivity contribution in [3.8, 4) is 0 Å². The summed E-state index contributed by atoms with van der Waals surface area (Å²) in [5.41, 5.74) is -1.22. The van der Waals surface area contributed by atoms with E-state index in [0.29, 0.717) is 24.1 Å². The lowest BCUT2D eigenvalue weighted by molar-refractivity contribution is 0.00578. The lowest BCUT2D eigenvalue weighted by atomic mass is 9.68. The second-order valence-corrected chi connectivity index (χ2v) is 15.7. The van der Waals surface area contributed by atoms with Crippen LogP contribution < -0.4 is 10.9 Å². The van der Waals surface area contributed by atoms with E-state index >= 15 is 0 Å². The van der Waals surface area contributed by atoms with Crippen molar-refractivity contribution in [3.05, 3.63) is 23.3 Å². The summed E-state index contributed by atoms with van der Waals surface area (Å²) >= 11 is 0. The SMILES string of the molecule is CCCCCCCCCOC(=O)c1cc(B2OC(C)(C)C(C)(C)O2)c(C(=O)OCCCCCCCCC)cc1B1OC(C)(C)C(C)(C)O1. The van der Waals surface area contributed by atoms with Gasteiger partial charge in [-0.1, -0.05) is 90.9 Å². The molecule has 0 amide bonds. The van der Waals surface area contributed by atoms with Gasteiger partial charge in [0, 0.05) is 0 Å². The molecular formula is C38H64B2O8. The van der Waals surface area contributed by atoms with E-state index in [-0.39, 0.29) is 11.1 Å². The zero-order chi connectivity index (χ0) is 35.6. The molecule has 2 aliphatic heterocycles. The number of carbonyl (C=O) groups excluding carboxylic acids is 2. The average Bonchev–Trinajstić information content (AvgIpc) is 3.37. The fourth-order valence-electron chi connectivity index (χ4n) is 5.92. The maximum Gasteiger partial charge on any atom is 0.495 e. The number of hydrogen-bond acceptors (Lipinski definition) is 8. The molecule has 2 heterocycles. The largest absolute Gasteiger partial charge is 0.495 e. The van der Waals surface area contributed by atoms with Gasteiger partial charge in [-0.2, -0.15) is 0 Å². The predicted molar refractivity (Wildman–Crippen MR) is 194 cm³/mol. The first kappa shape index (κ1) is 40.6. The maximum absolute atomic E-state index is 13.8. The zero-order valence-corrected chi connectivity index (χ0v) is 31.9. The molecule has 8 nitrogen and oxygen atoms in total. The van der Waals surface area contributed by atoms with Crippen molar-refractivity contribution in [1.82, 2.24) is 0 Å². The third-order valence-corrected chi connectivity index (χ3v) is 10.6. The molecule has 2 fully saturated rings. The minimum absolute atomic E-state index is 0.268. The molecule has 10 heteroatoms. The van der Waals surface area contributed by atoms with Crippen LogP contribution in [0.3, 0.4) is 0 Å². The van der Waals surface area contributed by atoms with Crippen LogP contribution in [-0.2, 0) is 28.1 Å². The van der Waals surface area contributed by atoms with E-state index in [1.54, 1.807) is 12.1 Å². The number of rotatable bonds is 20. The van der Waals surface area contributed by atoms with Crippen LogP contribution >= 0.6 is 0 Å². The van der Waals surface area contributed by atoms with Gasteiger partial charge >= 0.3 is 26.2 Å². The van der Waals surface area contributed by atoms with Crippen LogP contribution in [0.15, 0.2) is 12.1 Å². The second kappa shape index (κ2) is 17.9. The highest BCUT2D eigenvalue weighted by atomic mass is 16.7. The van der Waals surface area contributed by atoms with Crippen LogP contribution in [0, 0.1) is 0 Å². The zero-order valence-electron chi connectivity index (χ0n) is 31.9. The minimum Gasteiger partial charge on any atom is -0.462 e. The average molecular weight is 671 g/mol. The molecule has 0 bridgehead atoms. The Morgan fingerprint density at radius 3 is 1.06 bits per heavy atom. The molecule has 1 aromatic rings. The van der Waals surface area contributed by atoms with E-state index in [4.69, 9.17) is 28.1 Å². The Bertz CT molecular complexity index is 1070. The Balaban J connectivity index is 1.91. The molecule has 2 saturated heterocycles. The summed E-state index contributed by atoms with van der Waals surface area (Å²) in [6.07, 6.45) is 15.6. The number of esters is 2. The third-order valence-electron chi connectivity index (χ3n) is 10.6. The van der Waals surface area contributed by atoms with Crippen molar-refractivity contribution < 1.29 is 37.7 Å². The Hall–Kier alpha value is -1.87. The van der Waals surface area contributed by atoms with E-state index in [9.17, 15) is 9.59 Å². The molecule has 0 N–H and O–H groups in total. The number of unbranched alkanes of at least 4 members (excludes halogenated alkanes) is 12. The molecule has 0 radical (unpaired) electrons. The molecule has 270 valence electrons. The van der Waals surface area contributed by atoms with Gasteiger partial charge < -0.3 is 28.1 Å². The van der Waals surface area contributed by atoms with Gasteiger partial charge in [0.1, 0.15) is 0 Å². The van der Waals surface area contributed by atoms with Crippen LogP contribution in [0.2, 0.25) is 0 Å². The van der Waals surface area contributed by atoms with Crippen molar-refractivity contribution in [2.24, 2.45) is 0 Å². The molecular weight excluding hydrogens is 606 g/mol. The standard InChI is InChI=1S/C38H64B2O8/c1-11-13-15-17-19-21-23-25-43-33(41)29-27-32(40-47-37(7,8)38(9,10)48-40)30(34(42)44-26-24-22-20-18-16-14-12-2)28-31(29)39-45-35(3,4)36(5,6)46-39/h27-28H,11-26H2,1-10H3. The quantitative estimate of drug-likeness (QED) is 0.0782. The van der Waals surface area contributed by atoms with E-state index < -0.39 is 48.6 Å². The summed E-state index contributed by atoms with van der Waals surface area (Å²) < 4.78 is 37.3. The number of carbonyl (C=O) groups is 2. The topological polar surface area (TPSA) is 89.5 Å². The first-order valence-corrected chi connectivity index (χ1v) is 18.8. The van der Waals surface area contributed by atoms with Gasteiger partial charge in [-0.3, -0.25) is 0 Å². The molecule has 48 heavy (non-hydrogen) atoms. The minimum atomic E-state index is -0.891. The first-order chi connectivity index (χ1) is 22.6. The molecule has 0 saturated carbocycles. The first-order valence-electron chi connectivity index (χ1n) is 18.8. The van der Waals surface area contributed by atoms with Gasteiger partial charge in [0.15, 0.2) is 0 Å². The summed E-state index contributed by atoms with van der Waals surface area (Å²) in [7, 11) is -1.78. The summed E-state index contributed by atoms with van der Waals surface area (Å²) in [5.74, 6) is -0.988. The van der Waals surface area contributed by atoms with E-state index in [2.05, 4.69) is 13.8 Å². The van der Waals surface area contributed by atoms with E-state index in [1.165, 1.54) is 51.4 Å². The molecule has 0 aliphatic carbocycles. The number of ether oxygens (including phenoxy) is 2. The molecule has 3 rings (SSSR count). The lowest BCUT2D eigenvalue weighted by Crippen LogP contribution is -2.45. The van der Waals surface area contributed by atoms with Crippen molar-refractivity contribution in [3.63, 3.8) is 0 Å². The predicted octanol–water partition coefficient (Wildman–Crippen LogP) is 8.10. The summed E-state index contributed by atoms with van der Waals surface area (Å²) in [6.45, 7) is 20.7. The highest BCUT2D eigenvalue weighted by Gasteiger charge is 2.55. The van der Waals surface area contributed by atoms with Crippen molar-refractivity contribution in [2.45, 2.75) is 182 Å². The van der Waals surface area contributed by atoms with Crippen molar-refractivity contribution in [1.29, 1.82) is 0 Å². The molecule has 1 aromatic carbocycles. The normalized spacial score (nSPS) is 19.1. The van der Waals surface area contributed by atoms with Crippen molar-refractivity contribution >= 4 is 37.1 Å². The summed E-state index contributed by atoms with van der Waals surface area (Å²) in [6, 6.07) is 3.33. The van der Waals surface area contributed by atoms with Crippen LogP contribution in [0.25, 0.3) is 0 Å².